The van der Waals surface area contributed by atoms with Crippen LogP contribution in [0.15, 0.2) is 84.9 Å². The van der Waals surface area contributed by atoms with Crippen molar-refractivity contribution < 1.29 is 9.59 Å². The normalized spacial score (nSPS) is 10.2. The second-order valence-corrected chi connectivity index (χ2v) is 7.59. The molecule has 3 aromatic carbocycles. The van der Waals surface area contributed by atoms with Gasteiger partial charge in [0, 0.05) is 20.0 Å². The Labute approximate surface area is 188 Å². The lowest BCUT2D eigenvalue weighted by atomic mass is 10.1. The van der Waals surface area contributed by atoms with E-state index in [1.807, 2.05) is 66.7 Å². The molecule has 0 aromatic heterocycles. The van der Waals surface area contributed by atoms with Gasteiger partial charge in [-0.2, -0.15) is 0 Å². The molecular formula is C25H25N3O2S. The molecule has 2 N–H and O–H groups in total. The van der Waals surface area contributed by atoms with Crippen LogP contribution in [0.2, 0.25) is 0 Å². The minimum absolute atomic E-state index is 0.134. The van der Waals surface area contributed by atoms with E-state index >= 15 is 0 Å². The van der Waals surface area contributed by atoms with Gasteiger partial charge in [-0.15, -0.1) is 0 Å². The molecule has 0 fully saturated rings. The number of hydrogen-bond donors (Lipinski definition) is 2. The van der Waals surface area contributed by atoms with Gasteiger partial charge in [-0.25, -0.2) is 0 Å². The second kappa shape index (κ2) is 11.0. The van der Waals surface area contributed by atoms with Crippen LogP contribution in [0, 0.1) is 0 Å². The van der Waals surface area contributed by atoms with E-state index < -0.39 is 0 Å². The highest BCUT2D eigenvalue weighted by Gasteiger charge is 2.17. The molecule has 5 nitrogen and oxygen atoms in total. The summed E-state index contributed by atoms with van der Waals surface area (Å²) in [7, 11) is 1.76. The van der Waals surface area contributed by atoms with E-state index in [9.17, 15) is 9.59 Å². The zero-order chi connectivity index (χ0) is 22.1. The van der Waals surface area contributed by atoms with Gasteiger partial charge in [-0.3, -0.25) is 9.59 Å². The lowest BCUT2D eigenvalue weighted by Crippen LogP contribution is -2.35. The van der Waals surface area contributed by atoms with Crippen LogP contribution >= 0.6 is 12.2 Å². The molecule has 0 unspecified atom stereocenters. The fourth-order valence-electron chi connectivity index (χ4n) is 3.16. The van der Waals surface area contributed by atoms with Crippen molar-refractivity contribution in [1.82, 2.24) is 10.2 Å². The number of aryl methyl sites for hydroxylation is 1. The van der Waals surface area contributed by atoms with Crippen LogP contribution in [-0.4, -0.2) is 28.9 Å². The highest BCUT2D eigenvalue weighted by Crippen LogP contribution is 2.18. The fraction of sp³-hybridized carbons (Fsp3) is 0.160. The molecule has 0 bridgehead atoms. The van der Waals surface area contributed by atoms with Gasteiger partial charge in [0.2, 0.25) is 5.91 Å². The van der Waals surface area contributed by atoms with E-state index in [-0.39, 0.29) is 16.9 Å². The molecule has 0 radical (unpaired) electrons. The van der Waals surface area contributed by atoms with Gasteiger partial charge in [0.15, 0.2) is 5.11 Å². The van der Waals surface area contributed by atoms with Gasteiger partial charge in [-0.05, 0) is 41.9 Å². The van der Waals surface area contributed by atoms with Gasteiger partial charge < -0.3 is 15.5 Å². The Kier molecular flexibility index (Phi) is 7.90. The van der Waals surface area contributed by atoms with Crippen LogP contribution in [0.1, 0.15) is 27.9 Å². The molecule has 0 heterocycles. The van der Waals surface area contributed by atoms with Crippen LogP contribution in [0.5, 0.6) is 0 Å². The summed E-state index contributed by atoms with van der Waals surface area (Å²) in [5.41, 5.74) is 3.18. The summed E-state index contributed by atoms with van der Waals surface area (Å²) < 4.78 is 0. The second-order valence-electron chi connectivity index (χ2n) is 7.18. The number of rotatable bonds is 7. The number of anilines is 1. The maximum Gasteiger partial charge on any atom is 0.256 e. The lowest BCUT2D eigenvalue weighted by molar-refractivity contribution is -0.119. The summed E-state index contributed by atoms with van der Waals surface area (Å²) in [5.74, 6) is -0.309. The Morgan fingerprint density at radius 3 is 2.10 bits per heavy atom. The van der Waals surface area contributed by atoms with Crippen molar-refractivity contribution in [3.8, 4) is 0 Å². The highest BCUT2D eigenvalue weighted by atomic mass is 32.1. The number of benzene rings is 3. The minimum Gasteiger partial charge on any atom is -0.337 e. The summed E-state index contributed by atoms with van der Waals surface area (Å²) in [6.07, 6.45) is 0.959. The SMILES string of the molecule is CN(Cc1ccccc1)C(=O)c1ccccc1NC(=S)NC(=O)CCc1ccccc1. The third kappa shape index (κ3) is 6.76. The van der Waals surface area contributed by atoms with E-state index in [0.717, 1.165) is 11.1 Å². The molecule has 31 heavy (non-hydrogen) atoms. The summed E-state index contributed by atoms with van der Waals surface area (Å²) in [6.45, 7) is 0.495. The van der Waals surface area contributed by atoms with Gasteiger partial charge in [0.1, 0.15) is 0 Å². The van der Waals surface area contributed by atoms with Crippen molar-refractivity contribution in [2.75, 3.05) is 12.4 Å². The summed E-state index contributed by atoms with van der Waals surface area (Å²) in [6, 6.07) is 26.7. The van der Waals surface area contributed by atoms with Crippen molar-refractivity contribution in [2.24, 2.45) is 0 Å². The molecular weight excluding hydrogens is 406 g/mol. The predicted molar refractivity (Wildman–Crippen MR) is 128 cm³/mol. The van der Waals surface area contributed by atoms with Crippen LogP contribution in [0.25, 0.3) is 0 Å². The molecule has 0 spiro atoms. The van der Waals surface area contributed by atoms with Crippen LogP contribution < -0.4 is 10.6 Å². The molecule has 6 heteroatoms. The van der Waals surface area contributed by atoms with Crippen LogP contribution in [-0.2, 0) is 17.8 Å². The largest absolute Gasteiger partial charge is 0.337 e. The van der Waals surface area contributed by atoms with Crippen molar-refractivity contribution >= 4 is 34.8 Å². The first kappa shape index (κ1) is 22.2. The van der Waals surface area contributed by atoms with Crippen molar-refractivity contribution in [3.63, 3.8) is 0 Å². The molecule has 0 aliphatic heterocycles. The number of nitrogens with one attached hydrogen (secondary N) is 2. The third-order valence-electron chi connectivity index (χ3n) is 4.75. The van der Waals surface area contributed by atoms with Crippen molar-refractivity contribution in [2.45, 2.75) is 19.4 Å². The van der Waals surface area contributed by atoms with E-state index in [1.54, 1.807) is 30.1 Å². The quantitative estimate of drug-likeness (QED) is 0.544. The molecule has 0 saturated carbocycles. The molecule has 0 atom stereocenters. The Morgan fingerprint density at radius 2 is 1.42 bits per heavy atom. The van der Waals surface area contributed by atoms with Crippen molar-refractivity contribution in [1.29, 1.82) is 0 Å². The zero-order valence-corrected chi connectivity index (χ0v) is 18.2. The van der Waals surface area contributed by atoms with E-state index in [4.69, 9.17) is 12.2 Å². The Balaban J connectivity index is 1.58. The molecule has 158 valence electrons. The average molecular weight is 432 g/mol. The fourth-order valence-corrected chi connectivity index (χ4v) is 3.38. The van der Waals surface area contributed by atoms with Gasteiger partial charge in [0.25, 0.3) is 5.91 Å². The summed E-state index contributed by atoms with van der Waals surface area (Å²) in [4.78, 5) is 26.9. The minimum atomic E-state index is -0.175. The zero-order valence-electron chi connectivity index (χ0n) is 17.4. The standard InChI is InChI=1S/C25H25N3O2S/c1-28(18-20-12-6-3-7-13-20)24(30)21-14-8-9-15-22(21)26-25(31)27-23(29)17-16-19-10-4-2-5-11-19/h2-15H,16-18H2,1H3,(H2,26,27,29,31). The third-order valence-corrected chi connectivity index (χ3v) is 4.96. The van der Waals surface area contributed by atoms with Gasteiger partial charge in [-0.1, -0.05) is 72.8 Å². The highest BCUT2D eigenvalue weighted by molar-refractivity contribution is 7.80. The average Bonchev–Trinajstić information content (AvgIpc) is 2.79. The van der Waals surface area contributed by atoms with E-state index in [2.05, 4.69) is 10.6 Å². The molecule has 3 aromatic rings. The first-order valence-electron chi connectivity index (χ1n) is 10.1. The Bertz CT molecular complexity index is 1040. The van der Waals surface area contributed by atoms with E-state index in [1.165, 1.54) is 0 Å². The summed E-state index contributed by atoms with van der Waals surface area (Å²) in [5, 5.41) is 5.85. The maximum absolute atomic E-state index is 13.0. The monoisotopic (exact) mass is 431 g/mol. The molecule has 2 amide bonds. The maximum atomic E-state index is 13.0. The molecule has 0 saturated heterocycles. The number of para-hydroxylation sites is 1. The van der Waals surface area contributed by atoms with Gasteiger partial charge >= 0.3 is 0 Å². The lowest BCUT2D eigenvalue weighted by Gasteiger charge is -2.20. The topological polar surface area (TPSA) is 61.4 Å². The number of hydrogen-bond acceptors (Lipinski definition) is 3. The number of carbonyl (C=O) groups is 2. The van der Waals surface area contributed by atoms with Crippen molar-refractivity contribution in [3.05, 3.63) is 102 Å². The number of nitrogens with zero attached hydrogens (tertiary/aromatic N) is 1. The Hall–Kier alpha value is -3.51. The molecule has 0 aliphatic rings. The smallest absolute Gasteiger partial charge is 0.256 e. The number of carbonyl (C=O) groups excluding carboxylic acids is 2. The molecule has 3 rings (SSSR count). The van der Waals surface area contributed by atoms with Gasteiger partial charge in [0.05, 0.1) is 11.3 Å². The number of amides is 2. The first-order chi connectivity index (χ1) is 15.0. The first-order valence-corrected chi connectivity index (χ1v) is 10.5. The number of thiocarbonyl (C=S) groups is 1. The molecule has 0 aliphatic carbocycles. The summed E-state index contributed by atoms with van der Waals surface area (Å²) >= 11 is 5.29. The van der Waals surface area contributed by atoms with E-state index in [0.29, 0.717) is 30.6 Å². The van der Waals surface area contributed by atoms with Crippen LogP contribution in [0.4, 0.5) is 5.69 Å². The van der Waals surface area contributed by atoms with Crippen LogP contribution in [0.3, 0.4) is 0 Å². The Morgan fingerprint density at radius 1 is 0.839 bits per heavy atom. The predicted octanol–water partition coefficient (Wildman–Crippen LogP) is 4.40.